The number of thioether (sulfide) groups is 1. The van der Waals surface area contributed by atoms with E-state index in [-0.39, 0.29) is 11.9 Å². The monoisotopic (exact) mass is 274 g/mol. The minimum atomic E-state index is -0.0872. The smallest absolute Gasteiger partial charge is 0.242 e. The van der Waals surface area contributed by atoms with Crippen molar-refractivity contribution in [2.75, 3.05) is 16.9 Å². The highest BCUT2D eigenvalue weighted by Gasteiger charge is 2.22. The molecule has 1 atom stereocenters. The first-order valence-electron chi connectivity index (χ1n) is 6.05. The molecule has 2 N–H and O–H groups in total. The van der Waals surface area contributed by atoms with Crippen molar-refractivity contribution in [3.8, 4) is 5.69 Å². The van der Waals surface area contributed by atoms with E-state index in [9.17, 15) is 4.79 Å². The van der Waals surface area contributed by atoms with Gasteiger partial charge in [0.05, 0.1) is 11.7 Å². The number of hydrogen-bond donors (Lipinski definition) is 2. The van der Waals surface area contributed by atoms with Gasteiger partial charge in [0.1, 0.15) is 0 Å². The van der Waals surface area contributed by atoms with Crippen molar-refractivity contribution in [2.24, 2.45) is 0 Å². The molecule has 0 saturated carbocycles. The maximum Gasteiger partial charge on any atom is 0.242 e. The largest absolute Gasteiger partial charge is 0.325 e. The van der Waals surface area contributed by atoms with Gasteiger partial charge in [-0.15, -0.1) is 11.8 Å². The zero-order valence-electron chi connectivity index (χ0n) is 10.2. The van der Waals surface area contributed by atoms with E-state index in [0.717, 1.165) is 23.0 Å². The maximum atomic E-state index is 11.9. The highest BCUT2D eigenvalue weighted by molar-refractivity contribution is 7.99. The van der Waals surface area contributed by atoms with Crippen LogP contribution in [0.1, 0.15) is 0 Å². The van der Waals surface area contributed by atoms with Crippen LogP contribution in [-0.4, -0.2) is 33.4 Å². The predicted octanol–water partition coefficient (Wildman–Crippen LogP) is 1.47. The molecule has 1 fully saturated rings. The van der Waals surface area contributed by atoms with Crippen LogP contribution < -0.4 is 10.6 Å². The standard InChI is InChI=1S/C13H14N4OS/c18-13(12-8-19-9-14-12)16-10-2-4-11(5-3-10)17-7-1-6-15-17/h1-7,12,14H,8-9H2,(H,16,18). The van der Waals surface area contributed by atoms with Crippen molar-refractivity contribution in [2.45, 2.75) is 6.04 Å². The Bertz CT molecular complexity index is 547. The molecule has 1 amide bonds. The van der Waals surface area contributed by atoms with Crippen LogP contribution in [0.5, 0.6) is 0 Å². The third-order valence-corrected chi connectivity index (χ3v) is 3.88. The Morgan fingerprint density at radius 3 is 2.89 bits per heavy atom. The molecule has 0 spiro atoms. The molecule has 0 aliphatic carbocycles. The molecule has 3 rings (SSSR count). The zero-order valence-corrected chi connectivity index (χ0v) is 11.1. The average molecular weight is 274 g/mol. The van der Waals surface area contributed by atoms with Gasteiger partial charge in [-0.2, -0.15) is 5.10 Å². The zero-order chi connectivity index (χ0) is 13.1. The van der Waals surface area contributed by atoms with E-state index < -0.39 is 0 Å². The second kappa shape index (κ2) is 5.46. The van der Waals surface area contributed by atoms with Gasteiger partial charge in [0, 0.05) is 29.7 Å². The molecule has 1 unspecified atom stereocenters. The second-order valence-corrected chi connectivity index (χ2v) is 5.29. The number of nitrogens with one attached hydrogen (secondary N) is 2. The molecule has 1 aliphatic heterocycles. The summed E-state index contributed by atoms with van der Waals surface area (Å²) in [5.41, 5.74) is 1.78. The van der Waals surface area contributed by atoms with Crippen LogP contribution in [0, 0.1) is 0 Å². The summed E-state index contributed by atoms with van der Waals surface area (Å²) in [6, 6.07) is 9.42. The number of carbonyl (C=O) groups excluding carboxylic acids is 1. The van der Waals surface area contributed by atoms with Gasteiger partial charge >= 0.3 is 0 Å². The normalized spacial score (nSPS) is 18.4. The van der Waals surface area contributed by atoms with Gasteiger partial charge in [0.15, 0.2) is 0 Å². The van der Waals surface area contributed by atoms with Crippen molar-refractivity contribution in [1.29, 1.82) is 0 Å². The number of nitrogens with zero attached hydrogens (tertiary/aromatic N) is 2. The lowest BCUT2D eigenvalue weighted by Crippen LogP contribution is -2.37. The fourth-order valence-corrected chi connectivity index (χ4v) is 2.85. The molecule has 98 valence electrons. The molecular weight excluding hydrogens is 260 g/mol. The Balaban J connectivity index is 1.67. The van der Waals surface area contributed by atoms with Gasteiger partial charge in [-0.05, 0) is 30.3 Å². The Morgan fingerprint density at radius 2 is 2.26 bits per heavy atom. The molecule has 1 aliphatic rings. The molecule has 0 radical (unpaired) electrons. The molecule has 2 heterocycles. The summed E-state index contributed by atoms with van der Waals surface area (Å²) < 4.78 is 1.78. The maximum absolute atomic E-state index is 11.9. The van der Waals surface area contributed by atoms with Crippen LogP contribution >= 0.6 is 11.8 Å². The minimum absolute atomic E-state index is 0.0249. The van der Waals surface area contributed by atoms with E-state index in [0.29, 0.717) is 0 Å². The van der Waals surface area contributed by atoms with E-state index in [1.54, 1.807) is 22.6 Å². The van der Waals surface area contributed by atoms with E-state index in [4.69, 9.17) is 0 Å². The summed E-state index contributed by atoms with van der Waals surface area (Å²) in [5, 5.41) is 10.2. The summed E-state index contributed by atoms with van der Waals surface area (Å²) >= 11 is 1.74. The number of benzene rings is 1. The lowest BCUT2D eigenvalue weighted by atomic mass is 10.2. The van der Waals surface area contributed by atoms with E-state index >= 15 is 0 Å². The van der Waals surface area contributed by atoms with Crippen LogP contribution in [0.3, 0.4) is 0 Å². The first kappa shape index (κ1) is 12.3. The van der Waals surface area contributed by atoms with Crippen molar-refractivity contribution in [3.63, 3.8) is 0 Å². The number of amides is 1. The topological polar surface area (TPSA) is 59.0 Å². The van der Waals surface area contributed by atoms with Gasteiger partial charge in [0.2, 0.25) is 5.91 Å². The van der Waals surface area contributed by atoms with Crippen molar-refractivity contribution >= 4 is 23.4 Å². The Hall–Kier alpha value is -1.79. The minimum Gasteiger partial charge on any atom is -0.325 e. The van der Waals surface area contributed by atoms with Crippen LogP contribution in [0.2, 0.25) is 0 Å². The average Bonchev–Trinajstić information content (AvgIpc) is 3.13. The van der Waals surface area contributed by atoms with Gasteiger partial charge in [0.25, 0.3) is 0 Å². The highest BCUT2D eigenvalue weighted by Crippen LogP contribution is 2.15. The fourth-order valence-electron chi connectivity index (χ4n) is 1.91. The molecule has 1 aromatic heterocycles. The van der Waals surface area contributed by atoms with Crippen molar-refractivity contribution < 1.29 is 4.79 Å². The summed E-state index contributed by atoms with van der Waals surface area (Å²) in [5.74, 6) is 1.70. The predicted molar refractivity (Wildman–Crippen MR) is 76.4 cm³/mol. The number of rotatable bonds is 3. The van der Waals surface area contributed by atoms with Gasteiger partial charge < -0.3 is 5.32 Å². The van der Waals surface area contributed by atoms with Crippen molar-refractivity contribution in [1.82, 2.24) is 15.1 Å². The molecule has 5 nitrogen and oxygen atoms in total. The Morgan fingerprint density at radius 1 is 1.42 bits per heavy atom. The van der Waals surface area contributed by atoms with Crippen LogP contribution in [0.25, 0.3) is 5.69 Å². The summed E-state index contributed by atoms with van der Waals surface area (Å²) in [7, 11) is 0. The molecule has 2 aromatic rings. The number of carbonyl (C=O) groups is 1. The fraction of sp³-hybridized carbons (Fsp3) is 0.231. The molecule has 1 aromatic carbocycles. The van der Waals surface area contributed by atoms with Crippen LogP contribution in [0.4, 0.5) is 5.69 Å². The quantitative estimate of drug-likeness (QED) is 0.890. The van der Waals surface area contributed by atoms with Crippen LogP contribution in [0.15, 0.2) is 42.7 Å². The van der Waals surface area contributed by atoms with Gasteiger partial charge in [-0.25, -0.2) is 4.68 Å². The van der Waals surface area contributed by atoms with Gasteiger partial charge in [-0.3, -0.25) is 10.1 Å². The third-order valence-electron chi connectivity index (χ3n) is 2.94. The lowest BCUT2D eigenvalue weighted by Gasteiger charge is -2.11. The van der Waals surface area contributed by atoms with Crippen LogP contribution in [-0.2, 0) is 4.79 Å². The molecular formula is C13H14N4OS. The molecule has 0 bridgehead atoms. The molecule has 19 heavy (non-hydrogen) atoms. The third kappa shape index (κ3) is 2.80. The van der Waals surface area contributed by atoms with Crippen molar-refractivity contribution in [3.05, 3.63) is 42.7 Å². The molecule has 1 saturated heterocycles. The summed E-state index contributed by atoms with van der Waals surface area (Å²) in [4.78, 5) is 11.9. The van der Waals surface area contributed by atoms with E-state index in [2.05, 4.69) is 15.7 Å². The van der Waals surface area contributed by atoms with Gasteiger partial charge in [-0.1, -0.05) is 0 Å². The summed E-state index contributed by atoms with van der Waals surface area (Å²) in [6.45, 7) is 0. The number of anilines is 1. The first-order chi connectivity index (χ1) is 9.33. The second-order valence-electron chi connectivity index (χ2n) is 4.26. The Labute approximate surface area is 115 Å². The highest BCUT2D eigenvalue weighted by atomic mass is 32.2. The Kier molecular flexibility index (Phi) is 3.52. The van der Waals surface area contributed by atoms with E-state index in [1.165, 1.54) is 0 Å². The van der Waals surface area contributed by atoms with E-state index in [1.807, 2.05) is 36.5 Å². The first-order valence-corrected chi connectivity index (χ1v) is 7.20. The lowest BCUT2D eigenvalue weighted by molar-refractivity contribution is -0.117. The number of hydrogen-bond acceptors (Lipinski definition) is 4. The number of aromatic nitrogens is 2. The summed E-state index contributed by atoms with van der Waals surface area (Å²) in [6.07, 6.45) is 3.62. The molecule has 6 heteroatoms. The SMILES string of the molecule is O=C(Nc1ccc(-n2cccn2)cc1)C1CSCN1.